The molecule has 72 valence electrons. The third kappa shape index (κ3) is 1.20. The maximum atomic E-state index is 10.8. The van der Waals surface area contributed by atoms with Crippen LogP contribution in [0.1, 0.15) is 18.4 Å². The number of rotatable bonds is 2. The highest BCUT2D eigenvalue weighted by Gasteiger charge is 2.17. The topological polar surface area (TPSA) is 80.4 Å². The van der Waals surface area contributed by atoms with Crippen molar-refractivity contribution in [2.75, 3.05) is 0 Å². The summed E-state index contributed by atoms with van der Waals surface area (Å²) < 4.78 is 1.45. The highest BCUT2D eigenvalue weighted by molar-refractivity contribution is 5.78. The first-order valence-electron chi connectivity index (χ1n) is 4.09. The first-order valence-corrected chi connectivity index (χ1v) is 4.09. The summed E-state index contributed by atoms with van der Waals surface area (Å²) in [7, 11) is 0. The maximum Gasteiger partial charge on any atom is 0.310 e. The summed E-state index contributed by atoms with van der Waals surface area (Å²) in [5, 5.41) is 19.8. The van der Waals surface area contributed by atoms with Gasteiger partial charge in [0.05, 0.1) is 5.92 Å². The van der Waals surface area contributed by atoms with Crippen LogP contribution in [0.4, 0.5) is 0 Å². The van der Waals surface area contributed by atoms with Gasteiger partial charge in [0.1, 0.15) is 0 Å². The van der Waals surface area contributed by atoms with Crippen molar-refractivity contribution in [1.82, 2.24) is 20.0 Å². The molecule has 2 aromatic heterocycles. The van der Waals surface area contributed by atoms with Crippen molar-refractivity contribution in [3.8, 4) is 0 Å². The highest BCUT2D eigenvalue weighted by Crippen LogP contribution is 2.18. The van der Waals surface area contributed by atoms with E-state index in [0.29, 0.717) is 11.2 Å². The third-order valence-electron chi connectivity index (χ3n) is 2.09. The molecule has 1 unspecified atom stereocenters. The molecule has 0 fully saturated rings. The fourth-order valence-electron chi connectivity index (χ4n) is 1.26. The first kappa shape index (κ1) is 8.61. The monoisotopic (exact) mass is 192 g/mol. The van der Waals surface area contributed by atoms with E-state index in [2.05, 4.69) is 15.5 Å². The Morgan fingerprint density at radius 2 is 2.43 bits per heavy atom. The van der Waals surface area contributed by atoms with E-state index in [-0.39, 0.29) is 0 Å². The van der Waals surface area contributed by atoms with E-state index >= 15 is 0 Å². The summed E-state index contributed by atoms with van der Waals surface area (Å²) in [6.07, 6.45) is 1.67. The van der Waals surface area contributed by atoms with Crippen LogP contribution in [0.2, 0.25) is 0 Å². The van der Waals surface area contributed by atoms with Crippen molar-refractivity contribution in [3.63, 3.8) is 0 Å². The minimum atomic E-state index is -0.888. The van der Waals surface area contributed by atoms with Gasteiger partial charge in [0.25, 0.3) is 0 Å². The predicted molar refractivity (Wildman–Crippen MR) is 46.8 cm³/mol. The zero-order chi connectivity index (χ0) is 10.1. The van der Waals surface area contributed by atoms with Crippen LogP contribution in [0.25, 0.3) is 5.65 Å². The lowest BCUT2D eigenvalue weighted by molar-refractivity contribution is -0.138. The van der Waals surface area contributed by atoms with Gasteiger partial charge in [-0.05, 0) is 23.4 Å². The van der Waals surface area contributed by atoms with Crippen LogP contribution in [0.5, 0.6) is 0 Å². The number of pyridine rings is 1. The lowest BCUT2D eigenvalue weighted by Gasteiger charge is -2.05. The second-order valence-electron chi connectivity index (χ2n) is 2.97. The Morgan fingerprint density at radius 3 is 3.14 bits per heavy atom. The number of carboxylic acid groups (broad SMARTS) is 1. The van der Waals surface area contributed by atoms with Crippen LogP contribution < -0.4 is 0 Å². The van der Waals surface area contributed by atoms with E-state index in [9.17, 15) is 4.79 Å². The molecule has 0 aromatic carbocycles. The van der Waals surface area contributed by atoms with E-state index in [4.69, 9.17) is 5.11 Å². The Hall–Kier alpha value is -1.98. The zero-order valence-electron chi connectivity index (χ0n) is 7.45. The summed E-state index contributed by atoms with van der Waals surface area (Å²) in [5.74, 6) is -1.49. The van der Waals surface area contributed by atoms with Gasteiger partial charge in [0.2, 0.25) is 0 Å². The lowest BCUT2D eigenvalue weighted by Crippen LogP contribution is -2.09. The average Bonchev–Trinajstić information content (AvgIpc) is 2.63. The van der Waals surface area contributed by atoms with Gasteiger partial charge in [-0.25, -0.2) is 4.52 Å². The van der Waals surface area contributed by atoms with Crippen LogP contribution >= 0.6 is 0 Å². The van der Waals surface area contributed by atoms with Crippen LogP contribution in [0.15, 0.2) is 18.3 Å². The average molecular weight is 192 g/mol. The van der Waals surface area contributed by atoms with Crippen molar-refractivity contribution >= 4 is 11.6 Å². The summed E-state index contributed by atoms with van der Waals surface area (Å²) in [4.78, 5) is 10.8. The van der Waals surface area contributed by atoms with Crippen molar-refractivity contribution in [2.24, 2.45) is 0 Å². The lowest BCUT2D eigenvalue weighted by atomic mass is 10.0. The fourth-order valence-corrected chi connectivity index (χ4v) is 1.26. The van der Waals surface area contributed by atoms with Gasteiger partial charge in [-0.3, -0.25) is 4.79 Å². The van der Waals surface area contributed by atoms with Gasteiger partial charge in [-0.2, -0.15) is 0 Å². The molecular formula is C8H8N4O2. The number of hydrogen-bond acceptors (Lipinski definition) is 4. The van der Waals surface area contributed by atoms with Gasteiger partial charge < -0.3 is 5.11 Å². The molecule has 2 aromatic rings. The summed E-state index contributed by atoms with van der Waals surface area (Å²) in [6.45, 7) is 1.60. The second-order valence-corrected chi connectivity index (χ2v) is 2.97. The van der Waals surface area contributed by atoms with Gasteiger partial charge in [-0.1, -0.05) is 6.07 Å². The van der Waals surface area contributed by atoms with E-state index in [1.165, 1.54) is 4.52 Å². The van der Waals surface area contributed by atoms with Gasteiger partial charge in [0.15, 0.2) is 5.65 Å². The molecule has 0 radical (unpaired) electrons. The molecule has 1 atom stereocenters. The third-order valence-corrected chi connectivity index (χ3v) is 2.09. The summed E-state index contributed by atoms with van der Waals surface area (Å²) >= 11 is 0. The quantitative estimate of drug-likeness (QED) is 0.740. The second kappa shape index (κ2) is 3.06. The largest absolute Gasteiger partial charge is 0.481 e. The van der Waals surface area contributed by atoms with Gasteiger partial charge in [-0.15, -0.1) is 5.10 Å². The van der Waals surface area contributed by atoms with Crippen molar-refractivity contribution in [3.05, 3.63) is 23.9 Å². The maximum absolute atomic E-state index is 10.8. The number of nitrogens with zero attached hydrogens (tertiary/aromatic N) is 4. The normalized spacial score (nSPS) is 12.9. The van der Waals surface area contributed by atoms with Crippen molar-refractivity contribution < 1.29 is 9.90 Å². The van der Waals surface area contributed by atoms with E-state index in [1.54, 1.807) is 25.3 Å². The van der Waals surface area contributed by atoms with Crippen LogP contribution in [0.3, 0.4) is 0 Å². The number of carboxylic acids is 1. The van der Waals surface area contributed by atoms with E-state index in [1.807, 2.05) is 0 Å². The number of carbonyl (C=O) groups is 1. The Bertz CT molecular complexity index is 479. The Labute approximate surface area is 79.2 Å². The van der Waals surface area contributed by atoms with Gasteiger partial charge >= 0.3 is 5.97 Å². The Morgan fingerprint density at radius 1 is 1.64 bits per heavy atom. The molecule has 0 spiro atoms. The highest BCUT2D eigenvalue weighted by atomic mass is 16.4. The molecule has 0 aliphatic rings. The molecule has 0 saturated heterocycles. The van der Waals surface area contributed by atoms with Crippen molar-refractivity contribution in [1.29, 1.82) is 0 Å². The number of aromatic nitrogens is 4. The van der Waals surface area contributed by atoms with E-state index in [0.717, 1.165) is 0 Å². The van der Waals surface area contributed by atoms with Gasteiger partial charge in [0, 0.05) is 11.8 Å². The number of hydrogen-bond donors (Lipinski definition) is 1. The molecular weight excluding hydrogens is 184 g/mol. The molecule has 14 heavy (non-hydrogen) atoms. The molecule has 2 heterocycles. The molecule has 0 saturated carbocycles. The molecule has 0 aliphatic carbocycles. The zero-order valence-corrected chi connectivity index (χ0v) is 7.45. The van der Waals surface area contributed by atoms with Crippen LogP contribution in [0, 0.1) is 0 Å². The molecule has 6 heteroatoms. The molecule has 0 aliphatic heterocycles. The Balaban J connectivity index is 2.61. The minimum absolute atomic E-state index is 0.488. The fraction of sp³-hybridized carbons (Fsp3) is 0.250. The smallest absolute Gasteiger partial charge is 0.310 e. The van der Waals surface area contributed by atoms with Crippen LogP contribution in [-0.4, -0.2) is 31.1 Å². The summed E-state index contributed by atoms with van der Waals surface area (Å²) in [5.41, 5.74) is 1.10. The molecule has 0 amide bonds. The SMILES string of the molecule is CC(C(=O)O)c1cccn2nnnc12. The van der Waals surface area contributed by atoms with Crippen molar-refractivity contribution in [2.45, 2.75) is 12.8 Å². The van der Waals surface area contributed by atoms with Crippen LogP contribution in [-0.2, 0) is 4.79 Å². The standard InChI is InChI=1S/C8H8N4O2/c1-5(8(13)14)6-3-2-4-12-7(6)9-10-11-12/h2-5H,1H3,(H,13,14). The predicted octanol–water partition coefficient (Wildman–Crippen LogP) is 0.312. The number of fused-ring (bicyclic) bond motifs is 1. The molecule has 2 rings (SSSR count). The van der Waals surface area contributed by atoms with E-state index < -0.39 is 11.9 Å². The number of tetrazole rings is 1. The Kier molecular flexibility index (Phi) is 1.88. The minimum Gasteiger partial charge on any atom is -0.481 e. The summed E-state index contributed by atoms with van der Waals surface area (Å²) in [6, 6.07) is 3.43. The molecule has 0 bridgehead atoms. The molecule has 1 N–H and O–H groups in total. The first-order chi connectivity index (χ1) is 6.70. The number of aliphatic carboxylic acids is 1. The molecule has 6 nitrogen and oxygen atoms in total.